The van der Waals surface area contributed by atoms with Gasteiger partial charge >= 0.3 is 0 Å². The molecule has 9 heteroatoms. The van der Waals surface area contributed by atoms with Gasteiger partial charge in [0.05, 0.1) is 5.75 Å². The summed E-state index contributed by atoms with van der Waals surface area (Å²) in [6, 6.07) is 1.23. The van der Waals surface area contributed by atoms with E-state index in [1.165, 1.54) is 29.6 Å². The smallest absolute Gasteiger partial charge is 0.276 e. The Kier molecular flexibility index (Phi) is 4.26. The highest BCUT2D eigenvalue weighted by molar-refractivity contribution is 7.99. The van der Waals surface area contributed by atoms with Crippen LogP contribution in [-0.4, -0.2) is 25.9 Å². The number of anilines is 1. The minimum Gasteiger partial charge on any atom is -0.415 e. The SMILES string of the molecule is CCSc1nnc(CSc2nc(N)cc(=O)[nH]2)o1. The monoisotopic (exact) mass is 285 g/mol. The van der Waals surface area contributed by atoms with Crippen LogP contribution in [0, 0.1) is 0 Å². The van der Waals surface area contributed by atoms with Gasteiger partial charge in [-0.3, -0.25) is 4.79 Å². The number of rotatable bonds is 5. The normalized spacial score (nSPS) is 10.7. The number of nitrogens with two attached hydrogens (primary N) is 1. The van der Waals surface area contributed by atoms with Crippen molar-refractivity contribution in [3.63, 3.8) is 0 Å². The Morgan fingerprint density at radius 2 is 2.28 bits per heavy atom. The molecule has 0 aromatic carbocycles. The van der Waals surface area contributed by atoms with E-state index in [1.807, 2.05) is 6.92 Å². The van der Waals surface area contributed by atoms with Crippen molar-refractivity contribution in [1.29, 1.82) is 0 Å². The van der Waals surface area contributed by atoms with E-state index in [2.05, 4.69) is 20.2 Å². The van der Waals surface area contributed by atoms with E-state index >= 15 is 0 Å². The molecule has 0 spiro atoms. The average Bonchev–Trinajstić information content (AvgIpc) is 2.74. The first kappa shape index (κ1) is 13.0. The third kappa shape index (κ3) is 3.50. The van der Waals surface area contributed by atoms with Gasteiger partial charge in [0.2, 0.25) is 5.89 Å². The predicted molar refractivity (Wildman–Crippen MR) is 69.5 cm³/mol. The Morgan fingerprint density at radius 3 is 3.00 bits per heavy atom. The van der Waals surface area contributed by atoms with Crippen molar-refractivity contribution >= 4 is 29.3 Å². The molecule has 0 aliphatic heterocycles. The van der Waals surface area contributed by atoms with Crippen LogP contribution in [0.15, 0.2) is 25.7 Å². The number of aromatic nitrogens is 4. The fourth-order valence-electron chi connectivity index (χ4n) is 1.13. The summed E-state index contributed by atoms with van der Waals surface area (Å²) in [5.41, 5.74) is 5.19. The first-order valence-corrected chi connectivity index (χ1v) is 7.09. The lowest BCUT2D eigenvalue weighted by molar-refractivity contribution is 0.426. The van der Waals surface area contributed by atoms with Crippen molar-refractivity contribution in [3.8, 4) is 0 Å². The first-order chi connectivity index (χ1) is 8.67. The van der Waals surface area contributed by atoms with Gasteiger partial charge in [-0.25, -0.2) is 4.98 Å². The zero-order valence-electron chi connectivity index (χ0n) is 9.54. The maximum absolute atomic E-state index is 11.2. The maximum Gasteiger partial charge on any atom is 0.276 e. The number of nitrogens with one attached hydrogen (secondary N) is 1. The Labute approximate surface area is 111 Å². The van der Waals surface area contributed by atoms with Crippen molar-refractivity contribution in [1.82, 2.24) is 20.2 Å². The van der Waals surface area contributed by atoms with Gasteiger partial charge in [-0.15, -0.1) is 10.2 Å². The van der Waals surface area contributed by atoms with Crippen LogP contribution in [0.4, 0.5) is 5.82 Å². The second kappa shape index (κ2) is 5.91. The summed E-state index contributed by atoms with van der Waals surface area (Å²) >= 11 is 2.76. The van der Waals surface area contributed by atoms with Crippen LogP contribution in [0.25, 0.3) is 0 Å². The lowest BCUT2D eigenvalue weighted by atomic mass is 10.6. The van der Waals surface area contributed by atoms with E-state index in [4.69, 9.17) is 10.2 Å². The molecule has 0 saturated heterocycles. The quantitative estimate of drug-likeness (QED) is 0.621. The van der Waals surface area contributed by atoms with Crippen LogP contribution in [0.2, 0.25) is 0 Å². The van der Waals surface area contributed by atoms with E-state index < -0.39 is 0 Å². The highest BCUT2D eigenvalue weighted by Gasteiger charge is 2.07. The highest BCUT2D eigenvalue weighted by Crippen LogP contribution is 2.21. The van der Waals surface area contributed by atoms with Crippen LogP contribution in [0.3, 0.4) is 0 Å². The van der Waals surface area contributed by atoms with E-state index in [0.29, 0.717) is 22.0 Å². The summed E-state index contributed by atoms with van der Waals surface area (Å²) in [7, 11) is 0. The van der Waals surface area contributed by atoms with Crippen LogP contribution < -0.4 is 11.3 Å². The topological polar surface area (TPSA) is 111 Å². The van der Waals surface area contributed by atoms with E-state index in [9.17, 15) is 4.79 Å². The third-order valence-electron chi connectivity index (χ3n) is 1.79. The molecule has 0 aliphatic rings. The van der Waals surface area contributed by atoms with Gasteiger partial charge in [-0.05, 0) is 5.75 Å². The molecule has 7 nitrogen and oxygen atoms in total. The van der Waals surface area contributed by atoms with E-state index in [1.54, 1.807) is 0 Å². The second-order valence-corrected chi connectivity index (χ2v) is 5.34. The number of nitrogen functional groups attached to an aromatic ring is 1. The van der Waals surface area contributed by atoms with Crippen LogP contribution in [0.1, 0.15) is 12.8 Å². The molecular weight excluding hydrogens is 274 g/mol. The van der Waals surface area contributed by atoms with Gasteiger partial charge in [0, 0.05) is 6.07 Å². The summed E-state index contributed by atoms with van der Waals surface area (Å²) in [5, 5.41) is 8.73. The van der Waals surface area contributed by atoms with Gasteiger partial charge in [0.25, 0.3) is 10.8 Å². The number of hydrogen-bond acceptors (Lipinski definition) is 8. The molecule has 0 fully saturated rings. The molecule has 96 valence electrons. The number of hydrogen-bond donors (Lipinski definition) is 2. The Morgan fingerprint density at radius 1 is 1.44 bits per heavy atom. The average molecular weight is 285 g/mol. The maximum atomic E-state index is 11.2. The molecule has 2 rings (SSSR count). The van der Waals surface area contributed by atoms with Crippen molar-refractivity contribution < 1.29 is 4.42 Å². The molecule has 2 heterocycles. The van der Waals surface area contributed by atoms with Crippen molar-refractivity contribution in [2.24, 2.45) is 0 Å². The molecule has 0 saturated carbocycles. The second-order valence-electron chi connectivity index (χ2n) is 3.16. The van der Waals surface area contributed by atoms with Gasteiger partial charge in [-0.2, -0.15) is 0 Å². The zero-order valence-corrected chi connectivity index (χ0v) is 11.2. The zero-order chi connectivity index (χ0) is 13.0. The largest absolute Gasteiger partial charge is 0.415 e. The highest BCUT2D eigenvalue weighted by atomic mass is 32.2. The van der Waals surface area contributed by atoms with Crippen LogP contribution in [0.5, 0.6) is 0 Å². The van der Waals surface area contributed by atoms with Gasteiger partial charge in [-0.1, -0.05) is 30.4 Å². The Hall–Kier alpha value is -1.48. The molecule has 0 unspecified atom stereocenters. The summed E-state index contributed by atoms with van der Waals surface area (Å²) < 4.78 is 5.38. The predicted octanol–water partition coefficient (Wildman–Crippen LogP) is 1.14. The standard InChI is InChI=1S/C9H11N5O2S2/c1-2-17-9-14-13-7(16-9)4-18-8-11-5(10)3-6(15)12-8/h3H,2,4H2,1H3,(H3,10,11,12,15). The summed E-state index contributed by atoms with van der Waals surface area (Å²) in [5.74, 6) is 1.98. The summed E-state index contributed by atoms with van der Waals surface area (Å²) in [6.45, 7) is 2.00. The fraction of sp³-hybridized carbons (Fsp3) is 0.333. The lowest BCUT2D eigenvalue weighted by Gasteiger charge is -1.98. The Balaban J connectivity index is 1.99. The molecule has 0 bridgehead atoms. The fourth-order valence-corrected chi connectivity index (χ4v) is 2.35. The lowest BCUT2D eigenvalue weighted by Crippen LogP contribution is -2.09. The number of aromatic amines is 1. The van der Waals surface area contributed by atoms with Crippen molar-refractivity contribution in [3.05, 3.63) is 22.3 Å². The number of H-pyrrole nitrogens is 1. The Bertz CT molecular complexity index is 582. The van der Waals surface area contributed by atoms with Gasteiger partial charge in [0.1, 0.15) is 5.82 Å². The van der Waals surface area contributed by atoms with Crippen molar-refractivity contribution in [2.45, 2.75) is 23.1 Å². The van der Waals surface area contributed by atoms with Gasteiger partial charge < -0.3 is 15.1 Å². The van der Waals surface area contributed by atoms with E-state index in [0.717, 1.165) is 5.75 Å². The molecule has 0 radical (unpaired) electrons. The molecule has 0 amide bonds. The molecular formula is C9H11N5O2S2. The summed E-state index contributed by atoms with van der Waals surface area (Å²) in [6.07, 6.45) is 0. The summed E-state index contributed by atoms with van der Waals surface area (Å²) in [4.78, 5) is 17.7. The van der Waals surface area contributed by atoms with E-state index in [-0.39, 0.29) is 11.4 Å². The minimum absolute atomic E-state index is 0.189. The molecule has 3 N–H and O–H groups in total. The molecule has 2 aromatic rings. The number of nitrogens with zero attached hydrogens (tertiary/aromatic N) is 3. The minimum atomic E-state index is -0.280. The third-order valence-corrected chi connectivity index (χ3v) is 3.35. The molecule has 18 heavy (non-hydrogen) atoms. The van der Waals surface area contributed by atoms with Gasteiger partial charge in [0.15, 0.2) is 5.16 Å². The van der Waals surface area contributed by atoms with Crippen LogP contribution in [-0.2, 0) is 5.75 Å². The van der Waals surface area contributed by atoms with Crippen molar-refractivity contribution in [2.75, 3.05) is 11.5 Å². The van der Waals surface area contributed by atoms with Crippen LogP contribution >= 0.6 is 23.5 Å². The molecule has 0 aliphatic carbocycles. The first-order valence-electron chi connectivity index (χ1n) is 5.12. The molecule has 0 atom stereocenters. The number of thioether (sulfide) groups is 2. The molecule has 2 aromatic heterocycles.